The van der Waals surface area contributed by atoms with Gasteiger partial charge in [-0.15, -0.1) is 0 Å². The van der Waals surface area contributed by atoms with Crippen molar-refractivity contribution in [1.29, 1.82) is 0 Å². The Morgan fingerprint density at radius 3 is 1.70 bits per heavy atom. The zero-order valence-corrected chi connectivity index (χ0v) is 20.0. The number of aliphatic carboxylic acids is 1. The number of epoxide rings is 2. The van der Waals surface area contributed by atoms with Gasteiger partial charge in [-0.25, -0.2) is 0 Å². The fraction of sp³-hybridized carbons (Fsp3) is 0.923. The highest BCUT2D eigenvalue weighted by Gasteiger charge is 2.53. The third kappa shape index (κ3) is 7.93. The molecule has 188 valence electrons. The maximum atomic E-state index is 13.0. The number of carbonyl (C=O) groups is 2. The first-order valence-corrected chi connectivity index (χ1v) is 13.5. The van der Waals surface area contributed by atoms with E-state index in [9.17, 15) is 14.7 Å². The van der Waals surface area contributed by atoms with Crippen molar-refractivity contribution in [2.45, 2.75) is 140 Å². The molecule has 3 heterocycles. The average molecular weight is 467 g/mol. The van der Waals surface area contributed by atoms with Gasteiger partial charge in [0.25, 0.3) is 0 Å². The van der Waals surface area contributed by atoms with Crippen LogP contribution < -0.4 is 0 Å². The Bertz CT molecular complexity index is 638. The molecule has 0 aromatic heterocycles. The van der Waals surface area contributed by atoms with Gasteiger partial charge < -0.3 is 24.1 Å². The quantitative estimate of drug-likeness (QED) is 0.443. The molecule has 0 aromatic rings. The van der Waals surface area contributed by atoms with Crippen molar-refractivity contribution in [3.05, 3.63) is 0 Å². The molecule has 0 radical (unpaired) electrons. The van der Waals surface area contributed by atoms with Gasteiger partial charge in [0.15, 0.2) is 6.29 Å². The number of esters is 1. The maximum Gasteiger partial charge on any atom is 0.312 e. The Morgan fingerprint density at radius 2 is 1.12 bits per heavy atom. The summed E-state index contributed by atoms with van der Waals surface area (Å²) < 4.78 is 23.0. The van der Waals surface area contributed by atoms with Gasteiger partial charge in [0.1, 0.15) is 6.10 Å². The monoisotopic (exact) mass is 466 g/mol. The highest BCUT2D eigenvalue weighted by molar-refractivity contribution is 5.81. The number of rotatable bonds is 3. The highest BCUT2D eigenvalue weighted by atomic mass is 16.8. The predicted molar refractivity (Wildman–Crippen MR) is 121 cm³/mol. The summed E-state index contributed by atoms with van der Waals surface area (Å²) in [6.45, 7) is 0. The van der Waals surface area contributed by atoms with Crippen molar-refractivity contribution in [2.24, 2.45) is 11.8 Å². The molecule has 0 bridgehead atoms. The number of carboxylic acid groups (broad SMARTS) is 1. The summed E-state index contributed by atoms with van der Waals surface area (Å²) in [7, 11) is 0. The Balaban J connectivity index is 1.28. The lowest BCUT2D eigenvalue weighted by Crippen LogP contribution is -2.38. The topological polar surface area (TPSA) is 97.9 Å². The molecule has 3 aliphatic heterocycles. The molecule has 3 saturated heterocycles. The van der Waals surface area contributed by atoms with Crippen LogP contribution in [0.5, 0.6) is 0 Å². The van der Waals surface area contributed by atoms with Gasteiger partial charge in [0.2, 0.25) is 6.29 Å². The molecule has 1 N–H and O–H groups in total. The Kier molecular flexibility index (Phi) is 9.44. The fourth-order valence-electron chi connectivity index (χ4n) is 5.53. The molecule has 7 atom stereocenters. The van der Waals surface area contributed by atoms with Crippen LogP contribution in [0.15, 0.2) is 0 Å². The molecule has 0 aromatic carbocycles. The third-order valence-corrected chi connectivity index (χ3v) is 7.76. The van der Waals surface area contributed by atoms with E-state index >= 15 is 0 Å². The van der Waals surface area contributed by atoms with Crippen LogP contribution in [-0.2, 0) is 28.5 Å². The van der Waals surface area contributed by atoms with E-state index in [0.717, 1.165) is 25.7 Å². The van der Waals surface area contributed by atoms with Crippen molar-refractivity contribution in [2.75, 3.05) is 0 Å². The van der Waals surface area contributed by atoms with Crippen molar-refractivity contribution >= 4 is 11.9 Å². The number of carbonyl (C=O) groups excluding carboxylic acids is 1. The first-order valence-electron chi connectivity index (χ1n) is 13.5. The minimum atomic E-state index is -0.946. The lowest BCUT2D eigenvalue weighted by Gasteiger charge is -2.26. The fourth-order valence-corrected chi connectivity index (χ4v) is 5.53. The van der Waals surface area contributed by atoms with Gasteiger partial charge in [-0.2, -0.15) is 0 Å². The number of ether oxygens (including phenoxy) is 4. The summed E-state index contributed by atoms with van der Waals surface area (Å²) in [6, 6.07) is 0. The number of hydrogen-bond donors (Lipinski definition) is 1. The zero-order chi connectivity index (χ0) is 23.0. The molecule has 1 aliphatic carbocycles. The molecule has 33 heavy (non-hydrogen) atoms. The van der Waals surface area contributed by atoms with Crippen LogP contribution in [0.25, 0.3) is 0 Å². The van der Waals surface area contributed by atoms with Gasteiger partial charge in [0.05, 0.1) is 24.0 Å². The molecule has 4 aliphatic rings. The van der Waals surface area contributed by atoms with E-state index < -0.39 is 30.1 Å². The summed E-state index contributed by atoms with van der Waals surface area (Å²) in [6.07, 6.45) is 17.7. The standard InChI is InChI=1S/C26H42O7/c27-24(28)18-16-21-22(30-21)17-19(18)25(29)32-23-15-13-11-9-7-5-3-1-2-4-6-8-10-12-14-20-26(31-20)33-23/h18-23,26H,1-17H2,(H,27,28). The van der Waals surface area contributed by atoms with Gasteiger partial charge in [-0.3, -0.25) is 9.59 Å². The minimum absolute atomic E-state index is 0.00436. The van der Waals surface area contributed by atoms with Crippen LogP contribution in [-0.4, -0.2) is 47.9 Å². The summed E-state index contributed by atoms with van der Waals surface area (Å²) in [5, 5.41) is 9.59. The predicted octanol–water partition coefficient (Wildman–Crippen LogP) is 5.34. The number of carboxylic acids is 1. The van der Waals surface area contributed by atoms with Crippen molar-refractivity contribution < 1.29 is 33.6 Å². The first-order chi connectivity index (χ1) is 16.1. The van der Waals surface area contributed by atoms with E-state index in [-0.39, 0.29) is 24.6 Å². The van der Waals surface area contributed by atoms with Crippen LogP contribution >= 0.6 is 0 Å². The number of fused-ring (bicyclic) bond motifs is 2. The van der Waals surface area contributed by atoms with Gasteiger partial charge in [-0.05, 0) is 25.7 Å². The van der Waals surface area contributed by atoms with Crippen LogP contribution in [0.3, 0.4) is 0 Å². The van der Waals surface area contributed by atoms with E-state index in [1.807, 2.05) is 0 Å². The third-order valence-electron chi connectivity index (χ3n) is 7.76. The lowest BCUT2D eigenvalue weighted by atomic mass is 9.79. The normalized spacial score (nSPS) is 39.0. The molecule has 1 saturated carbocycles. The summed E-state index contributed by atoms with van der Waals surface area (Å²) >= 11 is 0. The van der Waals surface area contributed by atoms with E-state index in [1.165, 1.54) is 64.2 Å². The van der Waals surface area contributed by atoms with Crippen LogP contribution in [0.2, 0.25) is 0 Å². The second-order valence-electron chi connectivity index (χ2n) is 10.5. The smallest absolute Gasteiger partial charge is 0.312 e. The molecular formula is C26H42O7. The van der Waals surface area contributed by atoms with Gasteiger partial charge >= 0.3 is 11.9 Å². The zero-order valence-electron chi connectivity index (χ0n) is 20.0. The summed E-state index contributed by atoms with van der Waals surface area (Å²) in [5.41, 5.74) is 0. The molecule has 7 unspecified atom stereocenters. The summed E-state index contributed by atoms with van der Waals surface area (Å²) in [4.78, 5) is 24.7. The van der Waals surface area contributed by atoms with Gasteiger partial charge in [-0.1, -0.05) is 77.0 Å². The Morgan fingerprint density at radius 1 is 0.606 bits per heavy atom. The van der Waals surface area contributed by atoms with Crippen LogP contribution in [0.1, 0.15) is 109 Å². The van der Waals surface area contributed by atoms with E-state index in [4.69, 9.17) is 18.9 Å². The molecular weight excluding hydrogens is 424 g/mol. The molecule has 0 amide bonds. The SMILES string of the molecule is O=C(O)C1CC2OC2CC1C(=O)OC1CCCCCCCCCCCCCCCC2OC2O1. The van der Waals surface area contributed by atoms with Crippen molar-refractivity contribution in [1.82, 2.24) is 0 Å². The maximum absolute atomic E-state index is 13.0. The second-order valence-corrected chi connectivity index (χ2v) is 10.5. The van der Waals surface area contributed by atoms with Crippen molar-refractivity contribution in [3.63, 3.8) is 0 Å². The van der Waals surface area contributed by atoms with Crippen LogP contribution in [0, 0.1) is 11.8 Å². The van der Waals surface area contributed by atoms with Gasteiger partial charge in [0, 0.05) is 6.42 Å². The highest BCUT2D eigenvalue weighted by Crippen LogP contribution is 2.43. The minimum Gasteiger partial charge on any atom is -0.481 e. The van der Waals surface area contributed by atoms with E-state index in [0.29, 0.717) is 19.3 Å². The average Bonchev–Trinajstić information content (AvgIpc) is 3.70. The molecule has 7 nitrogen and oxygen atoms in total. The molecule has 4 rings (SSSR count). The first kappa shape index (κ1) is 24.9. The van der Waals surface area contributed by atoms with E-state index in [1.54, 1.807) is 0 Å². The van der Waals surface area contributed by atoms with Crippen LogP contribution in [0.4, 0.5) is 0 Å². The van der Waals surface area contributed by atoms with E-state index in [2.05, 4.69) is 0 Å². The molecule has 0 spiro atoms. The summed E-state index contributed by atoms with van der Waals surface area (Å²) in [5.74, 6) is -2.81. The Hall–Kier alpha value is -1.18. The Labute approximate surface area is 197 Å². The van der Waals surface area contributed by atoms with Crippen molar-refractivity contribution in [3.8, 4) is 0 Å². The molecule has 4 fully saturated rings. The molecule has 7 heteroatoms. The largest absolute Gasteiger partial charge is 0.481 e. The second kappa shape index (κ2) is 12.5. The lowest BCUT2D eigenvalue weighted by molar-refractivity contribution is -0.198. The number of hydrogen-bond acceptors (Lipinski definition) is 6.